The van der Waals surface area contributed by atoms with Crippen LogP contribution in [0.5, 0.6) is 0 Å². The van der Waals surface area contributed by atoms with E-state index in [1.165, 1.54) is 6.20 Å². The minimum atomic E-state index is -0.0875. The lowest BCUT2D eigenvalue weighted by Crippen LogP contribution is -2.38. The van der Waals surface area contributed by atoms with Gasteiger partial charge >= 0.3 is 0 Å². The fourth-order valence-electron chi connectivity index (χ4n) is 2.29. The highest BCUT2D eigenvalue weighted by Gasteiger charge is 2.23. The van der Waals surface area contributed by atoms with Crippen molar-refractivity contribution in [1.29, 1.82) is 0 Å². The highest BCUT2D eigenvalue weighted by atomic mass is 16.3. The zero-order valence-corrected chi connectivity index (χ0v) is 10.9. The van der Waals surface area contributed by atoms with Crippen molar-refractivity contribution in [2.24, 2.45) is 0 Å². The first-order chi connectivity index (χ1) is 9.67. The van der Waals surface area contributed by atoms with Gasteiger partial charge in [-0.25, -0.2) is 4.98 Å². The van der Waals surface area contributed by atoms with E-state index in [2.05, 4.69) is 10.1 Å². The first kappa shape index (κ1) is 12.6. The number of anilines is 1. The van der Waals surface area contributed by atoms with Gasteiger partial charge in [-0.3, -0.25) is 9.48 Å². The van der Waals surface area contributed by atoms with Crippen LogP contribution in [0.25, 0.3) is 0 Å². The minimum Gasteiger partial charge on any atom is -0.390 e. The van der Waals surface area contributed by atoms with Gasteiger partial charge in [-0.15, -0.1) is 0 Å². The van der Waals surface area contributed by atoms with Gasteiger partial charge in [-0.05, 0) is 18.2 Å². The van der Waals surface area contributed by atoms with Gasteiger partial charge < -0.3 is 15.7 Å². The van der Waals surface area contributed by atoms with Crippen LogP contribution in [0.15, 0.2) is 24.4 Å². The molecular weight excluding hydrogens is 258 g/mol. The van der Waals surface area contributed by atoms with E-state index in [0.717, 1.165) is 5.69 Å². The summed E-state index contributed by atoms with van der Waals surface area (Å²) >= 11 is 0. The van der Waals surface area contributed by atoms with E-state index in [0.29, 0.717) is 36.7 Å². The third-order valence-electron chi connectivity index (χ3n) is 3.33. The Balaban J connectivity index is 1.79. The Hall–Kier alpha value is -2.41. The molecule has 0 radical (unpaired) electrons. The Morgan fingerprint density at radius 1 is 1.40 bits per heavy atom. The Bertz CT molecular complexity index is 635. The van der Waals surface area contributed by atoms with E-state index >= 15 is 0 Å². The summed E-state index contributed by atoms with van der Waals surface area (Å²) in [5.74, 6) is 0.321. The number of nitrogens with zero attached hydrogens (tertiary/aromatic N) is 4. The van der Waals surface area contributed by atoms with Gasteiger partial charge in [0.1, 0.15) is 5.82 Å². The van der Waals surface area contributed by atoms with Crippen LogP contribution in [0.2, 0.25) is 0 Å². The molecule has 0 unspecified atom stereocenters. The van der Waals surface area contributed by atoms with Crippen LogP contribution >= 0.6 is 0 Å². The van der Waals surface area contributed by atoms with Gasteiger partial charge in [0.25, 0.3) is 5.91 Å². The number of rotatable bonds is 2. The number of pyridine rings is 1. The summed E-state index contributed by atoms with van der Waals surface area (Å²) in [6, 6.07) is 5.11. The molecule has 1 aliphatic rings. The molecule has 2 aromatic heterocycles. The molecule has 7 heteroatoms. The molecule has 0 aromatic carbocycles. The predicted molar refractivity (Wildman–Crippen MR) is 71.5 cm³/mol. The molecule has 0 atom stereocenters. The lowest BCUT2D eigenvalue weighted by molar-refractivity contribution is 0.0705. The Kier molecular flexibility index (Phi) is 3.11. The molecule has 3 rings (SSSR count). The summed E-state index contributed by atoms with van der Waals surface area (Å²) in [6.45, 7) is 1.61. The molecule has 0 saturated heterocycles. The maximum absolute atomic E-state index is 12.4. The third-order valence-corrected chi connectivity index (χ3v) is 3.33. The molecule has 0 spiro atoms. The van der Waals surface area contributed by atoms with Gasteiger partial charge in [0.05, 0.1) is 36.6 Å². The smallest absolute Gasteiger partial charge is 0.255 e. The average molecular weight is 273 g/mol. The zero-order valence-electron chi connectivity index (χ0n) is 10.9. The van der Waals surface area contributed by atoms with Crippen LogP contribution < -0.4 is 5.73 Å². The van der Waals surface area contributed by atoms with Gasteiger partial charge in [0, 0.05) is 12.7 Å². The molecule has 20 heavy (non-hydrogen) atoms. The van der Waals surface area contributed by atoms with Gasteiger partial charge in [0.15, 0.2) is 0 Å². The number of fused-ring (bicyclic) bond motifs is 1. The fourth-order valence-corrected chi connectivity index (χ4v) is 2.29. The molecule has 104 valence electrons. The number of aliphatic hydroxyl groups is 1. The van der Waals surface area contributed by atoms with Gasteiger partial charge in [-0.1, -0.05) is 0 Å². The SMILES string of the molecule is Nc1ccc(C(=O)N2CCn3nc(CO)cc3C2)cn1. The number of aliphatic hydroxyl groups excluding tert-OH is 1. The van der Waals surface area contributed by atoms with E-state index in [1.807, 2.05) is 10.7 Å². The van der Waals surface area contributed by atoms with Crippen LogP contribution in [0, 0.1) is 0 Å². The van der Waals surface area contributed by atoms with Crippen molar-refractivity contribution in [3.63, 3.8) is 0 Å². The summed E-state index contributed by atoms with van der Waals surface area (Å²) in [5, 5.41) is 13.3. The zero-order chi connectivity index (χ0) is 14.1. The summed E-state index contributed by atoms with van der Waals surface area (Å²) < 4.78 is 1.83. The molecule has 3 heterocycles. The number of nitrogen functional groups attached to an aromatic ring is 1. The predicted octanol–water partition coefficient (Wildman–Crippen LogP) is 0.00860. The van der Waals surface area contributed by atoms with Crippen molar-refractivity contribution in [1.82, 2.24) is 19.7 Å². The van der Waals surface area contributed by atoms with Crippen molar-refractivity contribution in [2.75, 3.05) is 12.3 Å². The first-order valence-electron chi connectivity index (χ1n) is 6.34. The maximum atomic E-state index is 12.4. The van der Waals surface area contributed by atoms with Crippen molar-refractivity contribution in [3.8, 4) is 0 Å². The summed E-state index contributed by atoms with van der Waals surface area (Å²) in [7, 11) is 0. The average Bonchev–Trinajstić information content (AvgIpc) is 2.89. The molecule has 3 N–H and O–H groups in total. The normalized spacial score (nSPS) is 14.2. The van der Waals surface area contributed by atoms with Crippen molar-refractivity contribution in [2.45, 2.75) is 19.7 Å². The molecule has 1 aliphatic heterocycles. The standard InChI is InChI=1S/C13H15N5O2/c14-12-2-1-9(6-15-12)13(20)17-3-4-18-11(7-17)5-10(8-19)16-18/h1-2,5-6,19H,3-4,7-8H2,(H2,14,15). The number of carbonyl (C=O) groups is 1. The number of carbonyl (C=O) groups excluding carboxylic acids is 1. The van der Waals surface area contributed by atoms with E-state index < -0.39 is 0 Å². The molecule has 7 nitrogen and oxygen atoms in total. The maximum Gasteiger partial charge on any atom is 0.255 e. The largest absolute Gasteiger partial charge is 0.390 e. The summed E-state index contributed by atoms with van der Waals surface area (Å²) in [4.78, 5) is 18.0. The van der Waals surface area contributed by atoms with Crippen molar-refractivity contribution < 1.29 is 9.90 Å². The highest BCUT2D eigenvalue weighted by Crippen LogP contribution is 2.16. The third kappa shape index (κ3) is 2.23. The fraction of sp³-hybridized carbons (Fsp3) is 0.308. The number of hydrogen-bond acceptors (Lipinski definition) is 5. The molecule has 0 aliphatic carbocycles. The van der Waals surface area contributed by atoms with Crippen LogP contribution in [-0.4, -0.2) is 37.2 Å². The molecule has 0 bridgehead atoms. The van der Waals surface area contributed by atoms with E-state index in [-0.39, 0.29) is 12.5 Å². The first-order valence-corrected chi connectivity index (χ1v) is 6.34. The minimum absolute atomic E-state index is 0.0736. The topological polar surface area (TPSA) is 97.3 Å². The van der Waals surface area contributed by atoms with Gasteiger partial charge in [0.2, 0.25) is 0 Å². The molecule has 1 amide bonds. The molecule has 2 aromatic rings. The number of nitrogens with two attached hydrogens (primary N) is 1. The van der Waals surface area contributed by atoms with Crippen molar-refractivity contribution >= 4 is 11.7 Å². The molecule has 0 fully saturated rings. The second-order valence-electron chi connectivity index (χ2n) is 4.71. The lowest BCUT2D eigenvalue weighted by Gasteiger charge is -2.27. The number of hydrogen-bond donors (Lipinski definition) is 2. The molecular formula is C13H15N5O2. The van der Waals surface area contributed by atoms with Gasteiger partial charge in [-0.2, -0.15) is 5.10 Å². The van der Waals surface area contributed by atoms with E-state index in [9.17, 15) is 4.79 Å². The van der Waals surface area contributed by atoms with Crippen molar-refractivity contribution in [3.05, 3.63) is 41.3 Å². The lowest BCUT2D eigenvalue weighted by atomic mass is 10.2. The van der Waals surface area contributed by atoms with Crippen LogP contribution in [0.3, 0.4) is 0 Å². The second-order valence-corrected chi connectivity index (χ2v) is 4.71. The Morgan fingerprint density at radius 2 is 2.25 bits per heavy atom. The monoisotopic (exact) mass is 273 g/mol. The van der Waals surface area contributed by atoms with E-state index in [4.69, 9.17) is 10.8 Å². The number of aromatic nitrogens is 3. The summed E-state index contributed by atoms with van der Waals surface area (Å²) in [6.07, 6.45) is 1.49. The quantitative estimate of drug-likeness (QED) is 0.803. The highest BCUT2D eigenvalue weighted by molar-refractivity contribution is 5.94. The second kappa shape index (κ2) is 4.93. The number of amides is 1. The molecule has 0 saturated carbocycles. The Labute approximate surface area is 115 Å². The Morgan fingerprint density at radius 3 is 2.95 bits per heavy atom. The van der Waals surface area contributed by atoms with Crippen LogP contribution in [0.4, 0.5) is 5.82 Å². The van der Waals surface area contributed by atoms with E-state index in [1.54, 1.807) is 17.0 Å². The van der Waals surface area contributed by atoms with Crippen LogP contribution in [-0.2, 0) is 19.7 Å². The summed E-state index contributed by atoms with van der Waals surface area (Å²) in [5.41, 5.74) is 7.59. The van der Waals surface area contributed by atoms with Crippen LogP contribution in [0.1, 0.15) is 21.7 Å².